The molecule has 0 aliphatic heterocycles. The summed E-state index contributed by atoms with van der Waals surface area (Å²) in [4.78, 5) is 28.6. The first-order chi connectivity index (χ1) is 18.1. The van der Waals surface area contributed by atoms with Gasteiger partial charge in [0.15, 0.2) is 0 Å². The van der Waals surface area contributed by atoms with Gasteiger partial charge in [-0.05, 0) is 49.1 Å². The Bertz CT molecular complexity index is 1200. The molecule has 1 N–H and O–H groups in total. The minimum atomic E-state index is -4.23. The molecule has 0 bridgehead atoms. The van der Waals surface area contributed by atoms with Crippen molar-refractivity contribution in [1.82, 2.24) is 14.5 Å². The van der Waals surface area contributed by atoms with Crippen molar-refractivity contribution in [3.8, 4) is 5.75 Å². The highest BCUT2D eigenvalue weighted by molar-refractivity contribution is 7.90. The smallest absolute Gasteiger partial charge is 0.304 e. The number of nitrogens with one attached hydrogen (secondary N) is 1. The van der Waals surface area contributed by atoms with Gasteiger partial charge in [0.1, 0.15) is 24.2 Å². The number of nitrogens with zero attached hydrogens (tertiary/aromatic N) is 3. The molecule has 0 spiro atoms. The predicted molar refractivity (Wildman–Crippen MR) is 144 cm³/mol. The fraction of sp³-hybridized carbons (Fsp3) is 0.481. The molecular formula is C27H37FN4O5S. The van der Waals surface area contributed by atoms with Crippen LogP contribution in [0.2, 0.25) is 0 Å². The Labute approximate surface area is 224 Å². The number of ether oxygens (including phenoxy) is 1. The first kappa shape index (κ1) is 29.4. The Morgan fingerprint density at radius 2 is 1.71 bits per heavy atom. The van der Waals surface area contributed by atoms with Crippen LogP contribution in [0.15, 0.2) is 48.5 Å². The van der Waals surface area contributed by atoms with Crippen LogP contribution in [0.3, 0.4) is 0 Å². The second-order valence-electron chi connectivity index (χ2n) is 9.53. The summed E-state index contributed by atoms with van der Waals surface area (Å²) >= 11 is 0. The molecule has 38 heavy (non-hydrogen) atoms. The van der Waals surface area contributed by atoms with Gasteiger partial charge in [0.05, 0.1) is 12.8 Å². The van der Waals surface area contributed by atoms with Crippen LogP contribution < -0.4 is 14.4 Å². The molecule has 1 unspecified atom stereocenters. The molecule has 1 fully saturated rings. The number of hydrogen-bond acceptors (Lipinski definition) is 5. The van der Waals surface area contributed by atoms with Crippen molar-refractivity contribution in [2.45, 2.75) is 57.7 Å². The Kier molecular flexibility index (Phi) is 10.1. The Balaban J connectivity index is 1.97. The lowest BCUT2D eigenvalue weighted by Gasteiger charge is -2.34. The summed E-state index contributed by atoms with van der Waals surface area (Å²) in [6.07, 6.45) is 4.17. The Morgan fingerprint density at radius 1 is 1.08 bits per heavy atom. The Morgan fingerprint density at radius 3 is 2.26 bits per heavy atom. The number of para-hydroxylation sites is 1. The van der Waals surface area contributed by atoms with Crippen LogP contribution in [0.5, 0.6) is 5.75 Å². The fourth-order valence-corrected chi connectivity index (χ4v) is 5.63. The van der Waals surface area contributed by atoms with Crippen molar-refractivity contribution in [2.75, 3.05) is 32.1 Å². The maximum atomic E-state index is 14.8. The van der Waals surface area contributed by atoms with Crippen molar-refractivity contribution in [1.29, 1.82) is 0 Å². The number of rotatable bonds is 12. The van der Waals surface area contributed by atoms with Crippen LogP contribution in [0, 0.1) is 5.82 Å². The molecule has 1 aliphatic carbocycles. The average molecular weight is 549 g/mol. The summed E-state index contributed by atoms with van der Waals surface area (Å²) in [5.41, 5.74) is 0.488. The van der Waals surface area contributed by atoms with E-state index in [0.717, 1.165) is 45.9 Å². The van der Waals surface area contributed by atoms with Crippen molar-refractivity contribution >= 4 is 27.7 Å². The van der Waals surface area contributed by atoms with Crippen LogP contribution in [0.25, 0.3) is 0 Å². The van der Waals surface area contributed by atoms with E-state index in [4.69, 9.17) is 4.74 Å². The molecule has 1 saturated carbocycles. The second-order valence-corrected chi connectivity index (χ2v) is 11.6. The van der Waals surface area contributed by atoms with Gasteiger partial charge in [0, 0.05) is 26.7 Å². The van der Waals surface area contributed by atoms with Crippen molar-refractivity contribution in [2.24, 2.45) is 0 Å². The van der Waals surface area contributed by atoms with Crippen LogP contribution >= 0.6 is 0 Å². The van der Waals surface area contributed by atoms with E-state index < -0.39 is 34.5 Å². The van der Waals surface area contributed by atoms with Crippen LogP contribution in [-0.4, -0.2) is 69.3 Å². The van der Waals surface area contributed by atoms with E-state index in [2.05, 4.69) is 5.32 Å². The van der Waals surface area contributed by atoms with E-state index in [-0.39, 0.29) is 24.2 Å². The number of methoxy groups -OCH3 is 1. The molecule has 0 aromatic heterocycles. The van der Waals surface area contributed by atoms with Crippen LogP contribution in [-0.2, 0) is 26.3 Å². The molecule has 0 saturated heterocycles. The molecule has 208 valence electrons. The van der Waals surface area contributed by atoms with Gasteiger partial charge in [0.25, 0.3) is 0 Å². The van der Waals surface area contributed by atoms with Crippen LogP contribution in [0.1, 0.15) is 44.6 Å². The number of hydrogen-bond donors (Lipinski definition) is 1. The van der Waals surface area contributed by atoms with Crippen LogP contribution in [0.4, 0.5) is 10.1 Å². The third-order valence-corrected chi connectivity index (χ3v) is 8.55. The first-order valence-corrected chi connectivity index (χ1v) is 14.2. The van der Waals surface area contributed by atoms with Gasteiger partial charge in [-0.1, -0.05) is 44.0 Å². The van der Waals surface area contributed by atoms with Gasteiger partial charge in [-0.15, -0.1) is 0 Å². The van der Waals surface area contributed by atoms with Crippen molar-refractivity contribution in [3.05, 3.63) is 59.9 Å². The maximum absolute atomic E-state index is 14.8. The summed E-state index contributed by atoms with van der Waals surface area (Å²) in [5.74, 6) is -1.05. The molecular weight excluding hydrogens is 511 g/mol. The highest BCUT2D eigenvalue weighted by Crippen LogP contribution is 2.25. The molecule has 1 aliphatic rings. The molecule has 9 nitrogen and oxygen atoms in total. The van der Waals surface area contributed by atoms with Gasteiger partial charge in [-0.25, -0.2) is 8.70 Å². The van der Waals surface area contributed by atoms with Gasteiger partial charge >= 0.3 is 10.2 Å². The minimum absolute atomic E-state index is 0.0542. The van der Waals surface area contributed by atoms with E-state index in [0.29, 0.717) is 12.2 Å². The van der Waals surface area contributed by atoms with E-state index >= 15 is 0 Å². The summed E-state index contributed by atoms with van der Waals surface area (Å²) in [6.45, 7) is 1.19. The monoisotopic (exact) mass is 548 g/mol. The fourth-order valence-electron chi connectivity index (χ4n) is 4.57. The molecule has 2 aromatic rings. The largest absolute Gasteiger partial charge is 0.497 e. The number of halogens is 1. The zero-order valence-corrected chi connectivity index (χ0v) is 23.2. The summed E-state index contributed by atoms with van der Waals surface area (Å²) in [6, 6.07) is 11.7. The number of carbonyl (C=O) groups excluding carboxylic acids is 2. The third kappa shape index (κ3) is 7.02. The van der Waals surface area contributed by atoms with Gasteiger partial charge in [-0.2, -0.15) is 12.7 Å². The number of carbonyl (C=O) groups is 2. The lowest BCUT2D eigenvalue weighted by Crippen LogP contribution is -2.54. The average Bonchev–Trinajstić information content (AvgIpc) is 3.40. The summed E-state index contributed by atoms with van der Waals surface area (Å²) in [7, 11) is -0.0605. The van der Waals surface area contributed by atoms with Crippen molar-refractivity contribution in [3.63, 3.8) is 0 Å². The van der Waals surface area contributed by atoms with E-state index in [9.17, 15) is 22.4 Å². The highest BCUT2D eigenvalue weighted by atomic mass is 32.2. The minimum Gasteiger partial charge on any atom is -0.497 e. The normalized spacial score (nSPS) is 14.8. The second kappa shape index (κ2) is 13.1. The lowest BCUT2D eigenvalue weighted by molar-refractivity contribution is -0.140. The molecule has 2 amide bonds. The van der Waals surface area contributed by atoms with Crippen molar-refractivity contribution < 1.29 is 27.1 Å². The predicted octanol–water partition coefficient (Wildman–Crippen LogP) is 3.31. The maximum Gasteiger partial charge on any atom is 0.304 e. The standard InChI is InChI=1S/C27H37FN4O5S/c1-5-24(27(34)29-21-10-6-7-11-21)31(18-20-14-16-22(37-4)17-15-20)26(33)19-32(38(35,36)30(2)3)25-13-9-8-12-23(25)28/h8-9,12-17,21,24H,5-7,10-11,18-19H2,1-4H3,(H,29,34). The summed E-state index contributed by atoms with van der Waals surface area (Å²) in [5, 5.41) is 3.06. The molecule has 2 aromatic carbocycles. The zero-order valence-electron chi connectivity index (χ0n) is 22.4. The van der Waals surface area contributed by atoms with E-state index in [1.165, 1.54) is 37.2 Å². The van der Waals surface area contributed by atoms with Gasteiger partial charge < -0.3 is 15.0 Å². The summed E-state index contributed by atoms with van der Waals surface area (Å²) < 4.78 is 48.0. The highest BCUT2D eigenvalue weighted by Gasteiger charge is 2.35. The van der Waals surface area contributed by atoms with E-state index in [1.807, 2.05) is 0 Å². The topological polar surface area (TPSA) is 99.3 Å². The lowest BCUT2D eigenvalue weighted by atomic mass is 10.1. The number of anilines is 1. The molecule has 11 heteroatoms. The zero-order chi connectivity index (χ0) is 27.9. The first-order valence-electron chi connectivity index (χ1n) is 12.8. The SMILES string of the molecule is CCC(C(=O)NC1CCCC1)N(Cc1ccc(OC)cc1)C(=O)CN(c1ccccc1F)S(=O)(=O)N(C)C. The molecule has 0 radical (unpaired) electrons. The number of benzene rings is 2. The molecule has 1 atom stereocenters. The van der Waals surface area contributed by atoms with E-state index in [1.54, 1.807) is 38.3 Å². The quantitative estimate of drug-likeness (QED) is 0.439. The molecule has 3 rings (SSSR count). The molecule has 0 heterocycles. The third-order valence-electron chi connectivity index (χ3n) is 6.74. The van der Waals surface area contributed by atoms with Gasteiger partial charge in [-0.3, -0.25) is 9.59 Å². The van der Waals surface area contributed by atoms with Gasteiger partial charge in [0.2, 0.25) is 11.8 Å². The number of amides is 2. The Hall–Kier alpha value is -3.18.